The highest BCUT2D eigenvalue weighted by Gasteiger charge is 2.12. The second kappa shape index (κ2) is 14.3. The molecule has 0 aliphatic carbocycles. The summed E-state index contributed by atoms with van der Waals surface area (Å²) in [7, 11) is 0. The molecular weight excluding hydrogens is 446 g/mol. The quantitative estimate of drug-likeness (QED) is 0.322. The maximum Gasteiger partial charge on any atom is 0.200 e. The SMILES string of the molecule is C.CC(C)c1ccc(O)c(O)c1O.Cc1cc(C(C)C)ccc1F.Cc1cc(F)cc(C(C)C)c1. The van der Waals surface area contributed by atoms with Gasteiger partial charge in [0.25, 0.3) is 0 Å². The predicted octanol–water partition coefficient (Wildman–Crippen LogP) is 9.08. The Labute approximate surface area is 210 Å². The fraction of sp³-hybridized carbons (Fsp3) is 0.400. The Bertz CT molecular complexity index is 1050. The third-order valence-corrected chi connectivity index (χ3v) is 5.36. The molecule has 3 rings (SSSR count). The highest BCUT2D eigenvalue weighted by molar-refractivity contribution is 5.53. The van der Waals surface area contributed by atoms with Crippen LogP contribution in [0, 0.1) is 25.5 Å². The summed E-state index contributed by atoms with van der Waals surface area (Å²) in [4.78, 5) is 0. The van der Waals surface area contributed by atoms with Gasteiger partial charge in [-0.1, -0.05) is 73.2 Å². The van der Waals surface area contributed by atoms with E-state index < -0.39 is 5.75 Å². The number of aromatic hydroxyl groups is 3. The van der Waals surface area contributed by atoms with E-state index in [0.717, 1.165) is 16.7 Å². The van der Waals surface area contributed by atoms with Crippen LogP contribution >= 0.6 is 0 Å². The smallest absolute Gasteiger partial charge is 0.200 e. The molecule has 3 aromatic rings. The lowest BCUT2D eigenvalue weighted by molar-refractivity contribution is 0.364. The summed E-state index contributed by atoms with van der Waals surface area (Å²) in [6.07, 6.45) is 0. The first-order valence-electron chi connectivity index (χ1n) is 11.5. The van der Waals surface area contributed by atoms with E-state index in [2.05, 4.69) is 27.7 Å². The number of halogens is 2. The number of rotatable bonds is 3. The first-order valence-corrected chi connectivity index (χ1v) is 11.5. The highest BCUT2D eigenvalue weighted by Crippen LogP contribution is 2.39. The van der Waals surface area contributed by atoms with Gasteiger partial charge in [-0.2, -0.15) is 0 Å². The number of phenolic OH excluding ortho intramolecular Hbond substituents is 3. The Morgan fingerprint density at radius 3 is 1.66 bits per heavy atom. The summed E-state index contributed by atoms with van der Waals surface area (Å²) in [5.41, 5.74) is 4.63. The normalized spacial score (nSPS) is 10.3. The Hall–Kier alpha value is -3.08. The summed E-state index contributed by atoms with van der Waals surface area (Å²) in [5, 5.41) is 27.5. The summed E-state index contributed by atoms with van der Waals surface area (Å²) in [6, 6.07) is 13.4. The molecule has 0 aromatic heterocycles. The summed E-state index contributed by atoms with van der Waals surface area (Å²) in [6.45, 7) is 15.8. The van der Waals surface area contributed by atoms with Gasteiger partial charge >= 0.3 is 0 Å². The zero-order valence-corrected chi connectivity index (χ0v) is 21.4. The van der Waals surface area contributed by atoms with Crippen molar-refractivity contribution in [3.63, 3.8) is 0 Å². The molecule has 0 amide bonds. The second-order valence-electron chi connectivity index (χ2n) is 9.41. The van der Waals surface area contributed by atoms with Gasteiger partial charge in [0.15, 0.2) is 11.5 Å². The molecule has 5 heteroatoms. The molecule has 3 N–H and O–H groups in total. The first kappa shape index (κ1) is 31.9. The number of aryl methyl sites for hydroxylation is 2. The van der Waals surface area contributed by atoms with Gasteiger partial charge in [0.05, 0.1) is 0 Å². The Balaban J connectivity index is 0.000000489. The van der Waals surface area contributed by atoms with Gasteiger partial charge in [-0.3, -0.25) is 0 Å². The van der Waals surface area contributed by atoms with E-state index in [1.807, 2.05) is 39.0 Å². The van der Waals surface area contributed by atoms with E-state index in [1.54, 1.807) is 25.1 Å². The minimum atomic E-state index is -0.443. The summed E-state index contributed by atoms with van der Waals surface area (Å²) < 4.78 is 25.6. The minimum Gasteiger partial charge on any atom is -0.504 e. The Morgan fingerprint density at radius 2 is 1.20 bits per heavy atom. The number of phenols is 3. The molecule has 0 aliphatic heterocycles. The monoisotopic (exact) mass is 488 g/mol. The van der Waals surface area contributed by atoms with Crippen LogP contribution < -0.4 is 0 Å². The maximum atomic E-state index is 12.8. The summed E-state index contributed by atoms with van der Waals surface area (Å²) in [5.74, 6) is -0.207. The van der Waals surface area contributed by atoms with Crippen molar-refractivity contribution in [1.29, 1.82) is 0 Å². The van der Waals surface area contributed by atoms with Crippen molar-refractivity contribution >= 4 is 0 Å². The van der Waals surface area contributed by atoms with Crippen LogP contribution in [0.25, 0.3) is 0 Å². The van der Waals surface area contributed by atoms with Crippen LogP contribution in [0.4, 0.5) is 8.78 Å². The van der Waals surface area contributed by atoms with Crippen molar-refractivity contribution < 1.29 is 24.1 Å². The molecule has 3 aromatic carbocycles. The molecule has 35 heavy (non-hydrogen) atoms. The molecular formula is C30H42F2O3. The Morgan fingerprint density at radius 1 is 0.629 bits per heavy atom. The third kappa shape index (κ3) is 9.97. The molecule has 0 spiro atoms. The van der Waals surface area contributed by atoms with Crippen molar-refractivity contribution in [3.05, 3.63) is 88.0 Å². The molecule has 194 valence electrons. The molecule has 0 saturated carbocycles. The van der Waals surface area contributed by atoms with Crippen LogP contribution in [-0.4, -0.2) is 15.3 Å². The van der Waals surface area contributed by atoms with Gasteiger partial charge in [-0.15, -0.1) is 0 Å². The molecule has 3 nitrogen and oxygen atoms in total. The van der Waals surface area contributed by atoms with E-state index in [4.69, 9.17) is 10.2 Å². The van der Waals surface area contributed by atoms with Crippen LogP contribution in [0.2, 0.25) is 0 Å². The van der Waals surface area contributed by atoms with E-state index in [9.17, 15) is 13.9 Å². The molecule has 0 bridgehead atoms. The van der Waals surface area contributed by atoms with Crippen LogP contribution in [0.15, 0.2) is 48.5 Å². The molecule has 0 atom stereocenters. The van der Waals surface area contributed by atoms with Crippen LogP contribution in [-0.2, 0) is 0 Å². The lowest BCUT2D eigenvalue weighted by Crippen LogP contribution is -1.89. The van der Waals surface area contributed by atoms with Crippen LogP contribution in [0.3, 0.4) is 0 Å². The lowest BCUT2D eigenvalue weighted by atomic mass is 10.0. The topological polar surface area (TPSA) is 60.7 Å². The van der Waals surface area contributed by atoms with Crippen LogP contribution in [0.5, 0.6) is 17.2 Å². The van der Waals surface area contributed by atoms with E-state index >= 15 is 0 Å². The van der Waals surface area contributed by atoms with Crippen molar-refractivity contribution in [3.8, 4) is 17.2 Å². The van der Waals surface area contributed by atoms with Crippen molar-refractivity contribution in [2.24, 2.45) is 0 Å². The highest BCUT2D eigenvalue weighted by atomic mass is 19.1. The fourth-order valence-electron chi connectivity index (χ4n) is 3.18. The summed E-state index contributed by atoms with van der Waals surface area (Å²) >= 11 is 0. The second-order valence-corrected chi connectivity index (χ2v) is 9.41. The van der Waals surface area contributed by atoms with Gasteiger partial charge < -0.3 is 15.3 Å². The van der Waals surface area contributed by atoms with Gasteiger partial charge in [0.1, 0.15) is 11.6 Å². The molecule has 0 unspecified atom stereocenters. The zero-order valence-electron chi connectivity index (χ0n) is 21.4. The maximum absolute atomic E-state index is 12.8. The minimum absolute atomic E-state index is 0. The largest absolute Gasteiger partial charge is 0.504 e. The predicted molar refractivity (Wildman–Crippen MR) is 143 cm³/mol. The van der Waals surface area contributed by atoms with Gasteiger partial charge in [0.2, 0.25) is 5.75 Å². The van der Waals surface area contributed by atoms with Crippen LogP contribution in [0.1, 0.15) is 94.5 Å². The van der Waals surface area contributed by atoms with E-state index in [0.29, 0.717) is 17.4 Å². The first-order chi connectivity index (χ1) is 15.7. The van der Waals surface area contributed by atoms with Crippen molar-refractivity contribution in [2.75, 3.05) is 0 Å². The van der Waals surface area contributed by atoms with Gasteiger partial charge in [-0.25, -0.2) is 8.78 Å². The number of benzene rings is 3. The van der Waals surface area contributed by atoms with Crippen molar-refractivity contribution in [1.82, 2.24) is 0 Å². The van der Waals surface area contributed by atoms with Gasteiger partial charge in [-0.05, 0) is 78.1 Å². The number of hydrogen-bond acceptors (Lipinski definition) is 3. The molecule has 0 heterocycles. The zero-order chi connectivity index (χ0) is 26.2. The fourth-order valence-corrected chi connectivity index (χ4v) is 3.18. The Kier molecular flexibility index (Phi) is 13.1. The molecule has 0 fully saturated rings. The molecule has 0 radical (unpaired) electrons. The van der Waals surface area contributed by atoms with Gasteiger partial charge in [0, 0.05) is 5.56 Å². The molecule has 0 saturated heterocycles. The number of hydrogen-bond donors (Lipinski definition) is 3. The van der Waals surface area contributed by atoms with E-state index in [-0.39, 0.29) is 36.5 Å². The van der Waals surface area contributed by atoms with E-state index in [1.165, 1.54) is 17.7 Å². The average Bonchev–Trinajstić information content (AvgIpc) is 2.74. The standard InChI is InChI=1S/2C10H13F.C9H12O3.CH4/c1-7(2)9-4-8(3)5-10(11)6-9;1-7(2)9-4-5-10(11)8(3)6-9;1-5(2)6-3-4-7(10)9(12)8(6)11;/h2*4-7H,1-3H3;3-5,10-12H,1-2H3;1H4. The molecule has 0 aliphatic rings. The average molecular weight is 489 g/mol. The van der Waals surface area contributed by atoms with Crippen molar-refractivity contribution in [2.45, 2.75) is 80.6 Å². The lowest BCUT2D eigenvalue weighted by Gasteiger charge is -2.09. The third-order valence-electron chi connectivity index (χ3n) is 5.36.